The summed E-state index contributed by atoms with van der Waals surface area (Å²) >= 11 is 3.89. The minimum atomic E-state index is -0.275. The minimum Gasteiger partial charge on any atom is -0.492 e. The highest BCUT2D eigenvalue weighted by Crippen LogP contribution is 2.16. The first-order valence-corrected chi connectivity index (χ1v) is 3.14. The van der Waals surface area contributed by atoms with E-state index in [1.54, 1.807) is 7.05 Å². The maximum absolute atomic E-state index is 10.9. The zero-order valence-corrected chi connectivity index (χ0v) is 6.59. The molecule has 1 rings (SSSR count). The van der Waals surface area contributed by atoms with Gasteiger partial charge in [0.25, 0.3) is 0 Å². The van der Waals surface area contributed by atoms with E-state index in [1.807, 2.05) is 0 Å². The zero-order valence-electron chi connectivity index (χ0n) is 5.70. The summed E-state index contributed by atoms with van der Waals surface area (Å²) in [6, 6.07) is 0. The van der Waals surface area contributed by atoms with Gasteiger partial charge in [0.15, 0.2) is 0 Å². The molecule has 0 fully saturated rings. The third-order valence-corrected chi connectivity index (χ3v) is 1.91. The Bertz CT molecular complexity index is 284. The van der Waals surface area contributed by atoms with E-state index in [9.17, 15) is 4.79 Å². The molecule has 0 aliphatic carbocycles. The molecule has 0 amide bonds. The van der Waals surface area contributed by atoms with Crippen LogP contribution in [0, 0.1) is 0 Å². The summed E-state index contributed by atoms with van der Waals surface area (Å²) in [6.07, 6.45) is 0. The quantitative estimate of drug-likeness (QED) is 0.513. The van der Waals surface area contributed by atoms with Gasteiger partial charge in [0, 0.05) is 14.1 Å². The molecule has 0 atom stereocenters. The lowest BCUT2D eigenvalue weighted by atomic mass is 10.8. The third-order valence-electron chi connectivity index (χ3n) is 1.41. The fourth-order valence-electron chi connectivity index (χ4n) is 0.706. The molecule has 0 saturated heterocycles. The van der Waals surface area contributed by atoms with Gasteiger partial charge in [0.05, 0.1) is 0 Å². The summed E-state index contributed by atoms with van der Waals surface area (Å²) < 4.78 is 2.39. The maximum Gasteiger partial charge on any atom is 0.331 e. The van der Waals surface area contributed by atoms with Crippen molar-refractivity contribution in [2.45, 2.75) is 5.03 Å². The number of hydrogen-bond acceptors (Lipinski definition) is 3. The Labute approximate surface area is 63.1 Å². The Kier molecular flexibility index (Phi) is 1.52. The first-order chi connectivity index (χ1) is 4.55. The average molecular weight is 160 g/mol. The van der Waals surface area contributed by atoms with E-state index in [4.69, 9.17) is 5.11 Å². The van der Waals surface area contributed by atoms with Gasteiger partial charge in [-0.3, -0.25) is 9.13 Å². The van der Waals surface area contributed by atoms with Crippen molar-refractivity contribution in [2.75, 3.05) is 0 Å². The van der Waals surface area contributed by atoms with Crippen molar-refractivity contribution in [1.29, 1.82) is 0 Å². The van der Waals surface area contributed by atoms with E-state index in [-0.39, 0.29) is 16.6 Å². The number of imidazole rings is 1. The van der Waals surface area contributed by atoms with Gasteiger partial charge < -0.3 is 5.11 Å². The van der Waals surface area contributed by atoms with Crippen molar-refractivity contribution in [3.05, 3.63) is 10.5 Å². The van der Waals surface area contributed by atoms with Crippen molar-refractivity contribution >= 4 is 12.6 Å². The molecule has 0 radical (unpaired) electrons. The van der Waals surface area contributed by atoms with Crippen LogP contribution in [0.2, 0.25) is 0 Å². The molecular formula is C5H8N2O2S. The fraction of sp³-hybridized carbons (Fsp3) is 0.400. The van der Waals surface area contributed by atoms with Gasteiger partial charge in [-0.1, -0.05) is 0 Å². The number of rotatable bonds is 0. The van der Waals surface area contributed by atoms with Crippen LogP contribution in [0.15, 0.2) is 9.82 Å². The molecule has 4 nitrogen and oxygen atoms in total. The second-order valence-electron chi connectivity index (χ2n) is 2.05. The molecule has 1 aromatic heterocycles. The second kappa shape index (κ2) is 2.09. The molecule has 1 N–H and O–H groups in total. The van der Waals surface area contributed by atoms with Gasteiger partial charge in [-0.15, -0.1) is 12.6 Å². The zero-order chi connectivity index (χ0) is 7.89. The van der Waals surface area contributed by atoms with E-state index in [0.29, 0.717) is 0 Å². The highest BCUT2D eigenvalue weighted by Gasteiger charge is 2.09. The Hall–Kier alpha value is -0.840. The highest BCUT2D eigenvalue weighted by molar-refractivity contribution is 7.80. The van der Waals surface area contributed by atoms with Crippen LogP contribution in [-0.2, 0) is 14.1 Å². The Morgan fingerprint density at radius 1 is 1.40 bits per heavy atom. The van der Waals surface area contributed by atoms with Crippen LogP contribution in [0.4, 0.5) is 0 Å². The molecule has 0 saturated carbocycles. The summed E-state index contributed by atoms with van der Waals surface area (Å²) in [6.45, 7) is 0. The molecule has 0 aliphatic heterocycles. The lowest BCUT2D eigenvalue weighted by Gasteiger charge is -1.89. The molecule has 0 aliphatic rings. The van der Waals surface area contributed by atoms with E-state index in [0.717, 1.165) is 4.57 Å². The molecule has 10 heavy (non-hydrogen) atoms. The van der Waals surface area contributed by atoms with Crippen LogP contribution in [0.5, 0.6) is 5.88 Å². The standard InChI is InChI=1S/C5H8N2O2S/c1-6-3(8)4(10)7(2)5(6)9/h8,10H,1-2H3. The molecule has 1 heterocycles. The van der Waals surface area contributed by atoms with Crippen LogP contribution in [0.25, 0.3) is 0 Å². The minimum absolute atomic E-state index is 0.101. The first kappa shape index (κ1) is 7.27. The number of nitrogens with zero attached hydrogens (tertiary/aromatic N) is 2. The lowest BCUT2D eigenvalue weighted by Crippen LogP contribution is -2.19. The van der Waals surface area contributed by atoms with Crippen molar-refractivity contribution in [2.24, 2.45) is 14.1 Å². The normalized spacial score (nSPS) is 10.3. The average Bonchev–Trinajstić information content (AvgIpc) is 2.07. The van der Waals surface area contributed by atoms with Crippen LogP contribution >= 0.6 is 12.6 Å². The Morgan fingerprint density at radius 2 is 1.90 bits per heavy atom. The van der Waals surface area contributed by atoms with Gasteiger partial charge in [0.2, 0.25) is 5.88 Å². The molecular weight excluding hydrogens is 152 g/mol. The van der Waals surface area contributed by atoms with Gasteiger partial charge in [-0.05, 0) is 0 Å². The molecule has 5 heteroatoms. The number of aromatic hydroxyl groups is 1. The van der Waals surface area contributed by atoms with Crippen LogP contribution < -0.4 is 5.69 Å². The number of hydrogen-bond donors (Lipinski definition) is 2. The summed E-state index contributed by atoms with van der Waals surface area (Å²) in [5.74, 6) is -0.101. The molecule has 0 unspecified atom stereocenters. The number of thiol groups is 1. The van der Waals surface area contributed by atoms with Gasteiger partial charge in [-0.2, -0.15) is 0 Å². The predicted octanol–water partition coefficient (Wildman–Crippen LogP) is -0.282. The van der Waals surface area contributed by atoms with Crippen LogP contribution in [-0.4, -0.2) is 14.2 Å². The SMILES string of the molecule is Cn1c(O)c(S)n(C)c1=O. The van der Waals surface area contributed by atoms with Crippen LogP contribution in [0.1, 0.15) is 0 Å². The summed E-state index contributed by atoms with van der Waals surface area (Å²) in [5, 5.41) is 9.36. The van der Waals surface area contributed by atoms with Gasteiger partial charge in [-0.25, -0.2) is 4.79 Å². The number of aromatic nitrogens is 2. The second-order valence-corrected chi connectivity index (χ2v) is 2.47. The fourth-order valence-corrected chi connectivity index (χ4v) is 0.942. The Balaban J connectivity index is 3.60. The summed E-state index contributed by atoms with van der Waals surface area (Å²) in [4.78, 5) is 10.9. The van der Waals surface area contributed by atoms with Crippen molar-refractivity contribution in [1.82, 2.24) is 9.13 Å². The van der Waals surface area contributed by atoms with Gasteiger partial charge >= 0.3 is 5.69 Å². The topological polar surface area (TPSA) is 47.2 Å². The maximum atomic E-state index is 10.9. The summed E-state index contributed by atoms with van der Waals surface area (Å²) in [5.41, 5.74) is -0.275. The van der Waals surface area contributed by atoms with Crippen LogP contribution in [0.3, 0.4) is 0 Å². The summed E-state index contributed by atoms with van der Waals surface area (Å²) in [7, 11) is 3.03. The highest BCUT2D eigenvalue weighted by atomic mass is 32.1. The monoisotopic (exact) mass is 160 g/mol. The first-order valence-electron chi connectivity index (χ1n) is 2.69. The van der Waals surface area contributed by atoms with E-state index in [2.05, 4.69) is 12.6 Å². The molecule has 0 spiro atoms. The smallest absolute Gasteiger partial charge is 0.331 e. The lowest BCUT2D eigenvalue weighted by molar-refractivity contribution is 0.417. The predicted molar refractivity (Wildman–Crippen MR) is 39.6 cm³/mol. The Morgan fingerprint density at radius 3 is 2.00 bits per heavy atom. The van der Waals surface area contributed by atoms with E-state index >= 15 is 0 Å². The third kappa shape index (κ3) is 0.740. The van der Waals surface area contributed by atoms with E-state index in [1.165, 1.54) is 11.6 Å². The van der Waals surface area contributed by atoms with Crippen molar-refractivity contribution in [3.8, 4) is 5.88 Å². The molecule has 0 bridgehead atoms. The van der Waals surface area contributed by atoms with Crippen molar-refractivity contribution < 1.29 is 5.11 Å². The van der Waals surface area contributed by atoms with Gasteiger partial charge in [0.1, 0.15) is 5.03 Å². The van der Waals surface area contributed by atoms with E-state index < -0.39 is 0 Å². The molecule has 1 aromatic rings. The van der Waals surface area contributed by atoms with Crippen molar-refractivity contribution in [3.63, 3.8) is 0 Å². The molecule has 56 valence electrons. The molecule has 0 aromatic carbocycles. The largest absolute Gasteiger partial charge is 0.492 e.